The second kappa shape index (κ2) is 2.91. The molecule has 0 aliphatic heterocycles. The minimum atomic E-state index is 0.00579. The third kappa shape index (κ3) is 2.72. The Morgan fingerprint density at radius 2 is 1.80 bits per heavy atom. The fraction of sp³-hybridized carbons (Fsp3) is 0.556. The quantitative estimate of drug-likeness (QED) is 0.597. The first-order valence-corrected chi connectivity index (χ1v) is 3.45. The third-order valence-corrected chi connectivity index (χ3v) is 1.61. The lowest BCUT2D eigenvalue weighted by molar-refractivity contribution is 0.439. The Hall–Kier alpha value is -0.720. The van der Waals surface area contributed by atoms with Gasteiger partial charge in [-0.25, -0.2) is 0 Å². The summed E-state index contributed by atoms with van der Waals surface area (Å²) in [6.07, 6.45) is 0.919. The Bertz CT molecular complexity index is 154. The second-order valence-corrected chi connectivity index (χ2v) is 3.54. The van der Waals surface area contributed by atoms with Gasteiger partial charge in [-0.2, -0.15) is 0 Å². The van der Waals surface area contributed by atoms with Crippen molar-refractivity contribution in [1.29, 1.82) is 0 Å². The summed E-state index contributed by atoms with van der Waals surface area (Å²) in [6, 6.07) is 0. The smallest absolute Gasteiger partial charge is 0.00729 e. The van der Waals surface area contributed by atoms with Crippen molar-refractivity contribution in [2.45, 2.75) is 27.2 Å². The van der Waals surface area contributed by atoms with Gasteiger partial charge in [0.15, 0.2) is 0 Å². The monoisotopic (exact) mass is 139 g/mol. The lowest BCUT2D eigenvalue weighted by atomic mass is 9.84. The average Bonchev–Trinajstić information content (AvgIpc) is 1.60. The second-order valence-electron chi connectivity index (χ2n) is 3.54. The Morgan fingerprint density at radius 1 is 1.40 bits per heavy atom. The van der Waals surface area contributed by atoms with Crippen LogP contribution < -0.4 is 5.73 Å². The molecule has 0 atom stereocenters. The van der Waals surface area contributed by atoms with Gasteiger partial charge < -0.3 is 5.73 Å². The van der Waals surface area contributed by atoms with Crippen LogP contribution in [0.2, 0.25) is 0 Å². The van der Waals surface area contributed by atoms with Gasteiger partial charge in [-0.1, -0.05) is 26.0 Å². The van der Waals surface area contributed by atoms with Gasteiger partial charge in [0.25, 0.3) is 0 Å². The van der Waals surface area contributed by atoms with E-state index in [1.165, 1.54) is 0 Å². The zero-order valence-electron chi connectivity index (χ0n) is 7.20. The van der Waals surface area contributed by atoms with Crippen LogP contribution in [-0.2, 0) is 0 Å². The molecule has 0 aromatic carbocycles. The summed E-state index contributed by atoms with van der Waals surface area (Å²) in [5.74, 6) is 0. The van der Waals surface area contributed by atoms with Gasteiger partial charge in [-0.05, 0) is 13.3 Å². The molecule has 10 heavy (non-hydrogen) atoms. The maximum Gasteiger partial charge on any atom is 0.00729 e. The highest BCUT2D eigenvalue weighted by molar-refractivity contribution is 5.08. The normalized spacial score (nSPS) is 11.1. The fourth-order valence-corrected chi connectivity index (χ4v) is 0.868. The van der Waals surface area contributed by atoms with Crippen molar-refractivity contribution in [2.24, 2.45) is 11.1 Å². The first kappa shape index (κ1) is 9.28. The minimum absolute atomic E-state index is 0.00579. The molecule has 0 amide bonds. The van der Waals surface area contributed by atoms with E-state index < -0.39 is 0 Å². The summed E-state index contributed by atoms with van der Waals surface area (Å²) < 4.78 is 0. The molecule has 0 bridgehead atoms. The number of hydrogen-bond donors (Lipinski definition) is 1. The highest BCUT2D eigenvalue weighted by atomic mass is 14.6. The summed E-state index contributed by atoms with van der Waals surface area (Å²) in [7, 11) is 0. The van der Waals surface area contributed by atoms with Crippen molar-refractivity contribution in [1.82, 2.24) is 0 Å². The van der Waals surface area contributed by atoms with E-state index in [0.29, 0.717) is 0 Å². The van der Waals surface area contributed by atoms with E-state index in [1.54, 1.807) is 0 Å². The molecule has 0 spiro atoms. The van der Waals surface area contributed by atoms with Crippen LogP contribution >= 0.6 is 0 Å². The number of nitrogens with two attached hydrogens (primary N) is 1. The SMILES string of the molecule is C=C(C)CC(C)(C)C(=C)N. The van der Waals surface area contributed by atoms with E-state index in [4.69, 9.17) is 5.73 Å². The van der Waals surface area contributed by atoms with E-state index in [1.807, 2.05) is 6.92 Å². The molecule has 1 heteroatoms. The van der Waals surface area contributed by atoms with Crippen molar-refractivity contribution in [2.75, 3.05) is 0 Å². The van der Waals surface area contributed by atoms with E-state index in [2.05, 4.69) is 27.0 Å². The van der Waals surface area contributed by atoms with Crippen molar-refractivity contribution in [3.05, 3.63) is 24.4 Å². The lowest BCUT2D eigenvalue weighted by Gasteiger charge is -2.24. The Labute approximate surface area is 63.6 Å². The van der Waals surface area contributed by atoms with Gasteiger partial charge in [0.05, 0.1) is 0 Å². The highest BCUT2D eigenvalue weighted by Gasteiger charge is 2.18. The summed E-state index contributed by atoms with van der Waals surface area (Å²) in [5.41, 5.74) is 7.47. The van der Waals surface area contributed by atoms with Gasteiger partial charge in [0.1, 0.15) is 0 Å². The van der Waals surface area contributed by atoms with E-state index in [9.17, 15) is 0 Å². The molecule has 0 aromatic rings. The lowest BCUT2D eigenvalue weighted by Crippen LogP contribution is -2.20. The molecule has 58 valence electrons. The van der Waals surface area contributed by atoms with Crippen LogP contribution in [0.1, 0.15) is 27.2 Å². The number of rotatable bonds is 3. The molecule has 0 rings (SSSR count). The summed E-state index contributed by atoms with van der Waals surface area (Å²) in [6.45, 7) is 13.7. The van der Waals surface area contributed by atoms with Crippen molar-refractivity contribution < 1.29 is 0 Å². The topological polar surface area (TPSA) is 26.0 Å². The molecular weight excluding hydrogens is 122 g/mol. The summed E-state index contributed by atoms with van der Waals surface area (Å²) in [4.78, 5) is 0. The fourth-order valence-electron chi connectivity index (χ4n) is 0.868. The molecule has 0 aromatic heterocycles. The number of allylic oxidation sites excluding steroid dienone is 2. The van der Waals surface area contributed by atoms with Crippen molar-refractivity contribution >= 4 is 0 Å². The van der Waals surface area contributed by atoms with Crippen LogP contribution in [0.25, 0.3) is 0 Å². The zero-order valence-corrected chi connectivity index (χ0v) is 7.20. The minimum Gasteiger partial charge on any atom is -0.402 e. The van der Waals surface area contributed by atoms with Crippen LogP contribution in [0.5, 0.6) is 0 Å². The van der Waals surface area contributed by atoms with Crippen LogP contribution in [0, 0.1) is 5.41 Å². The number of hydrogen-bond acceptors (Lipinski definition) is 1. The van der Waals surface area contributed by atoms with E-state index in [0.717, 1.165) is 17.7 Å². The van der Waals surface area contributed by atoms with Gasteiger partial charge in [0, 0.05) is 11.1 Å². The first-order chi connectivity index (χ1) is 4.36. The molecule has 2 N–H and O–H groups in total. The van der Waals surface area contributed by atoms with Crippen LogP contribution in [-0.4, -0.2) is 0 Å². The van der Waals surface area contributed by atoms with Gasteiger partial charge in [0.2, 0.25) is 0 Å². The molecule has 0 saturated carbocycles. The first-order valence-electron chi connectivity index (χ1n) is 3.45. The molecule has 0 aliphatic rings. The van der Waals surface area contributed by atoms with Gasteiger partial charge >= 0.3 is 0 Å². The molecule has 0 unspecified atom stereocenters. The molecular formula is C9H17N. The summed E-state index contributed by atoms with van der Waals surface area (Å²) in [5, 5.41) is 0. The molecule has 0 saturated heterocycles. The van der Waals surface area contributed by atoms with Crippen LogP contribution in [0.15, 0.2) is 24.4 Å². The summed E-state index contributed by atoms with van der Waals surface area (Å²) >= 11 is 0. The molecule has 0 radical (unpaired) electrons. The predicted octanol–water partition coefficient (Wildman–Crippen LogP) is 2.45. The van der Waals surface area contributed by atoms with E-state index >= 15 is 0 Å². The maximum absolute atomic E-state index is 5.58. The largest absolute Gasteiger partial charge is 0.402 e. The zero-order chi connectivity index (χ0) is 8.36. The molecule has 0 aliphatic carbocycles. The standard InChI is InChI=1S/C9H17N/c1-7(2)6-9(4,5)8(3)10/h1,3,6,10H2,2,4-5H3. The molecule has 1 nitrogen and oxygen atoms in total. The Morgan fingerprint density at radius 3 is 1.90 bits per heavy atom. The predicted molar refractivity (Wildman–Crippen MR) is 46.5 cm³/mol. The third-order valence-electron chi connectivity index (χ3n) is 1.61. The van der Waals surface area contributed by atoms with Crippen molar-refractivity contribution in [3.63, 3.8) is 0 Å². The highest BCUT2D eigenvalue weighted by Crippen LogP contribution is 2.28. The molecule has 0 fully saturated rings. The van der Waals surface area contributed by atoms with Crippen LogP contribution in [0.4, 0.5) is 0 Å². The average molecular weight is 139 g/mol. The van der Waals surface area contributed by atoms with Crippen molar-refractivity contribution in [3.8, 4) is 0 Å². The van der Waals surface area contributed by atoms with Gasteiger partial charge in [-0.15, -0.1) is 6.58 Å². The van der Waals surface area contributed by atoms with E-state index in [-0.39, 0.29) is 5.41 Å². The van der Waals surface area contributed by atoms with Crippen LogP contribution in [0.3, 0.4) is 0 Å². The van der Waals surface area contributed by atoms with Gasteiger partial charge in [-0.3, -0.25) is 0 Å². The Kier molecular flexibility index (Phi) is 2.70. The maximum atomic E-state index is 5.58. The molecule has 0 heterocycles. The Balaban J connectivity index is 4.13.